The molecule has 0 saturated heterocycles. The fourth-order valence-electron chi connectivity index (χ4n) is 0.930. The number of nitrogens with one attached hydrogen (secondary N) is 1. The first-order chi connectivity index (χ1) is 5.63. The first-order valence-corrected chi connectivity index (χ1v) is 4.53. The topological polar surface area (TPSA) is 106 Å². The first-order valence-electron chi connectivity index (χ1n) is 4.53. The Morgan fingerprint density at radius 1 is 1.15 bits per heavy atom. The van der Waals surface area contributed by atoms with Crippen molar-refractivity contribution in [2.75, 3.05) is 6.54 Å². The molecular formula is C8H22N4O. The monoisotopic (exact) mass is 190 g/mol. The number of hydrogen-bond donors (Lipinski definition) is 4. The molecule has 0 aliphatic heterocycles. The first kappa shape index (κ1) is 12.8. The van der Waals surface area contributed by atoms with Gasteiger partial charge in [0.2, 0.25) is 0 Å². The number of hydrogen-bond acceptors (Lipinski definition) is 4. The molecule has 0 aromatic rings. The number of nitrogens with two attached hydrogens (primary N) is 3. The molecule has 13 heavy (non-hydrogen) atoms. The Morgan fingerprint density at radius 3 is 1.92 bits per heavy atom. The van der Waals surface area contributed by atoms with Crippen LogP contribution in [0.15, 0.2) is 0 Å². The molecule has 0 saturated carbocycles. The summed E-state index contributed by atoms with van der Waals surface area (Å²) < 4.78 is 0. The summed E-state index contributed by atoms with van der Waals surface area (Å²) in [6.45, 7) is 6.19. The Bertz CT molecular complexity index is 147. The van der Waals surface area contributed by atoms with E-state index in [-0.39, 0.29) is 10.6 Å². The molecule has 0 heterocycles. The van der Waals surface area contributed by atoms with Crippen LogP contribution in [0.5, 0.6) is 0 Å². The fourth-order valence-corrected chi connectivity index (χ4v) is 0.930. The zero-order valence-corrected chi connectivity index (χ0v) is 8.76. The predicted octanol–water partition coefficient (Wildman–Crippen LogP) is -1.52. The fraction of sp³-hybridized carbons (Fsp3) is 1.00. The highest BCUT2D eigenvalue weighted by atomic mass is 16.5. The summed E-state index contributed by atoms with van der Waals surface area (Å²) in [7, 11) is 0. The largest absolute Gasteiger partial charge is 0.634 e. The lowest BCUT2D eigenvalue weighted by molar-refractivity contribution is -0.898. The Morgan fingerprint density at radius 2 is 1.62 bits per heavy atom. The normalized spacial score (nSPS) is 15.9. The average molecular weight is 190 g/mol. The molecule has 0 aromatic carbocycles. The molecule has 0 bridgehead atoms. The second-order valence-corrected chi connectivity index (χ2v) is 4.64. The number of rotatable bonds is 4. The Labute approximate surface area is 79.8 Å². The maximum Gasteiger partial charge on any atom is 0.115 e. The van der Waals surface area contributed by atoms with Crippen molar-refractivity contribution in [3.8, 4) is 0 Å². The highest BCUT2D eigenvalue weighted by molar-refractivity contribution is 4.67. The quantitative estimate of drug-likeness (QED) is 0.319. The number of quaternary nitrogens is 1. The van der Waals surface area contributed by atoms with Gasteiger partial charge in [0.05, 0.1) is 12.1 Å². The van der Waals surface area contributed by atoms with Crippen LogP contribution in [-0.2, 0) is 0 Å². The van der Waals surface area contributed by atoms with E-state index in [1.54, 1.807) is 0 Å². The van der Waals surface area contributed by atoms with Crippen LogP contribution in [-0.4, -0.2) is 17.9 Å². The van der Waals surface area contributed by atoms with E-state index >= 15 is 0 Å². The standard InChI is InChI=1S/C8H22N4O/c1-7(2,3)12(13)6-4-5-8(9,10)11/h12H,4-6,9-11H2,1-3H3. The lowest BCUT2D eigenvalue weighted by atomic mass is 10.1. The molecule has 1 atom stereocenters. The van der Waals surface area contributed by atoms with Crippen LogP contribution >= 0.6 is 0 Å². The summed E-state index contributed by atoms with van der Waals surface area (Å²) in [4.78, 5) is 0. The minimum Gasteiger partial charge on any atom is -0.634 e. The van der Waals surface area contributed by atoms with E-state index in [4.69, 9.17) is 17.2 Å². The van der Waals surface area contributed by atoms with Gasteiger partial charge in [-0.1, -0.05) is 0 Å². The maximum atomic E-state index is 11.4. The molecule has 0 radical (unpaired) electrons. The molecular weight excluding hydrogens is 168 g/mol. The van der Waals surface area contributed by atoms with Crippen molar-refractivity contribution in [1.29, 1.82) is 0 Å². The third-order valence-corrected chi connectivity index (χ3v) is 1.85. The molecule has 7 N–H and O–H groups in total. The maximum absolute atomic E-state index is 11.4. The van der Waals surface area contributed by atoms with Gasteiger partial charge in [0, 0.05) is 6.42 Å². The molecule has 5 nitrogen and oxygen atoms in total. The van der Waals surface area contributed by atoms with E-state index in [9.17, 15) is 5.21 Å². The molecule has 0 aromatic heterocycles. The van der Waals surface area contributed by atoms with Crippen molar-refractivity contribution in [1.82, 2.24) is 0 Å². The van der Waals surface area contributed by atoms with E-state index in [1.165, 1.54) is 0 Å². The lowest BCUT2D eigenvalue weighted by Gasteiger charge is -2.36. The van der Waals surface area contributed by atoms with Gasteiger partial charge in [-0.25, -0.2) is 0 Å². The van der Waals surface area contributed by atoms with Crippen LogP contribution in [0.2, 0.25) is 0 Å². The van der Waals surface area contributed by atoms with Gasteiger partial charge in [-0.05, 0) is 27.2 Å². The highest BCUT2D eigenvalue weighted by Crippen LogP contribution is 1.95. The molecule has 0 rings (SSSR count). The second kappa shape index (κ2) is 4.34. The van der Waals surface area contributed by atoms with E-state index in [2.05, 4.69) is 0 Å². The van der Waals surface area contributed by atoms with Crippen LogP contribution in [0.1, 0.15) is 33.6 Å². The van der Waals surface area contributed by atoms with Crippen molar-refractivity contribution in [2.45, 2.75) is 44.9 Å². The predicted molar refractivity (Wildman–Crippen MR) is 53.5 cm³/mol. The van der Waals surface area contributed by atoms with Crippen LogP contribution in [0.3, 0.4) is 0 Å². The van der Waals surface area contributed by atoms with Crippen LogP contribution in [0.4, 0.5) is 0 Å². The summed E-state index contributed by atoms with van der Waals surface area (Å²) in [6.07, 6.45) is 1.12. The van der Waals surface area contributed by atoms with Gasteiger partial charge in [-0.15, -0.1) is 0 Å². The summed E-state index contributed by atoms with van der Waals surface area (Å²) >= 11 is 0. The molecule has 5 heteroatoms. The van der Waals surface area contributed by atoms with Crippen molar-refractivity contribution < 1.29 is 5.06 Å². The van der Waals surface area contributed by atoms with Gasteiger partial charge in [-0.3, -0.25) is 0 Å². The van der Waals surface area contributed by atoms with Crippen LogP contribution in [0, 0.1) is 5.21 Å². The molecule has 0 spiro atoms. The molecule has 0 aliphatic rings. The van der Waals surface area contributed by atoms with E-state index in [1.807, 2.05) is 20.8 Å². The highest BCUT2D eigenvalue weighted by Gasteiger charge is 2.19. The summed E-state index contributed by atoms with van der Waals surface area (Å²) in [5.41, 5.74) is 15.8. The van der Waals surface area contributed by atoms with Gasteiger partial charge >= 0.3 is 0 Å². The molecule has 0 fully saturated rings. The van der Waals surface area contributed by atoms with Crippen molar-refractivity contribution >= 4 is 0 Å². The molecule has 1 unspecified atom stereocenters. The van der Waals surface area contributed by atoms with Gasteiger partial charge in [0.15, 0.2) is 0 Å². The summed E-state index contributed by atoms with van der Waals surface area (Å²) in [5.74, 6) is -1.14. The summed E-state index contributed by atoms with van der Waals surface area (Å²) in [6, 6.07) is 0. The molecule has 0 amide bonds. The summed E-state index contributed by atoms with van der Waals surface area (Å²) in [5, 5.41) is 11.6. The van der Waals surface area contributed by atoms with Gasteiger partial charge < -0.3 is 27.5 Å². The van der Waals surface area contributed by atoms with Crippen molar-refractivity contribution in [3.05, 3.63) is 5.21 Å². The third kappa shape index (κ3) is 6.92. The third-order valence-electron chi connectivity index (χ3n) is 1.85. The molecule has 0 aliphatic carbocycles. The van der Waals surface area contributed by atoms with E-state index in [0.29, 0.717) is 19.4 Å². The smallest absolute Gasteiger partial charge is 0.115 e. The van der Waals surface area contributed by atoms with Crippen LogP contribution in [0.25, 0.3) is 0 Å². The van der Waals surface area contributed by atoms with Crippen molar-refractivity contribution in [3.63, 3.8) is 0 Å². The van der Waals surface area contributed by atoms with Gasteiger partial charge in [0.25, 0.3) is 0 Å². The van der Waals surface area contributed by atoms with Gasteiger partial charge in [0.1, 0.15) is 5.79 Å². The minimum atomic E-state index is -1.14. The van der Waals surface area contributed by atoms with Gasteiger partial charge in [-0.2, -0.15) is 0 Å². The SMILES string of the molecule is CC(C)(C)[NH+]([O-])CCCC(N)(N)N. The average Bonchev–Trinajstić information content (AvgIpc) is 1.82. The lowest BCUT2D eigenvalue weighted by Crippen LogP contribution is -3.14. The van der Waals surface area contributed by atoms with Crippen molar-refractivity contribution in [2.24, 2.45) is 17.2 Å². The zero-order valence-electron chi connectivity index (χ0n) is 8.76. The Balaban J connectivity index is 3.67. The molecule has 80 valence electrons. The number of hydroxylamine groups is 2. The van der Waals surface area contributed by atoms with E-state index < -0.39 is 5.79 Å². The second-order valence-electron chi connectivity index (χ2n) is 4.64. The van der Waals surface area contributed by atoms with Crippen LogP contribution < -0.4 is 22.3 Å². The minimum absolute atomic E-state index is 0.219. The Hall–Kier alpha value is -0.200. The van der Waals surface area contributed by atoms with E-state index in [0.717, 1.165) is 0 Å². The Kier molecular flexibility index (Phi) is 4.28. The zero-order chi connectivity index (χ0) is 10.7.